The summed E-state index contributed by atoms with van der Waals surface area (Å²) in [7, 11) is 0. The molecule has 0 spiro atoms. The van der Waals surface area contributed by atoms with Gasteiger partial charge in [0.15, 0.2) is 0 Å². The van der Waals surface area contributed by atoms with E-state index >= 15 is 0 Å². The van der Waals surface area contributed by atoms with Crippen LogP contribution in [0, 0.1) is 0 Å². The second-order valence-electron chi connectivity index (χ2n) is 13.1. The van der Waals surface area contributed by atoms with Crippen molar-refractivity contribution in [3.8, 4) is 39.5 Å². The predicted octanol–water partition coefficient (Wildman–Crippen LogP) is 9.85. The molecule has 2 aliphatic rings. The van der Waals surface area contributed by atoms with Crippen molar-refractivity contribution in [2.24, 2.45) is 0 Å². The van der Waals surface area contributed by atoms with Crippen molar-refractivity contribution >= 4 is 21.8 Å². The average Bonchev–Trinajstić information content (AvgIpc) is 3.57. The summed E-state index contributed by atoms with van der Waals surface area (Å²) in [5.41, 5.74) is 14.9. The van der Waals surface area contributed by atoms with Crippen LogP contribution in [0.15, 0.2) is 115 Å². The van der Waals surface area contributed by atoms with Crippen molar-refractivity contribution in [2.75, 3.05) is 0 Å². The molecular weight excluding hydrogens is 522 g/mol. The number of para-hydroxylation sites is 1. The zero-order chi connectivity index (χ0) is 29.1. The average molecular weight is 554 g/mol. The fraction of sp³-hybridized carbons (Fsp3) is 0.150. The van der Waals surface area contributed by atoms with Gasteiger partial charge in [0.2, 0.25) is 5.95 Å². The smallest absolute Gasteiger partial charge is 0.235 e. The van der Waals surface area contributed by atoms with E-state index in [9.17, 15) is 0 Å². The van der Waals surface area contributed by atoms with Crippen LogP contribution in [0.1, 0.15) is 49.9 Å². The Labute approximate surface area is 251 Å². The first-order valence-electron chi connectivity index (χ1n) is 15.1. The highest BCUT2D eigenvalue weighted by atomic mass is 15.2. The molecule has 0 atom stereocenters. The lowest BCUT2D eigenvalue weighted by Gasteiger charge is -2.22. The summed E-state index contributed by atoms with van der Waals surface area (Å²) in [6, 6.07) is 39.9. The van der Waals surface area contributed by atoms with Crippen LogP contribution >= 0.6 is 0 Å². The number of aromatic nitrogens is 3. The number of hydrogen-bond donors (Lipinski definition) is 0. The molecule has 9 rings (SSSR count). The molecule has 0 radical (unpaired) electrons. The van der Waals surface area contributed by atoms with Gasteiger partial charge in [0.1, 0.15) is 0 Å². The van der Waals surface area contributed by atoms with Crippen molar-refractivity contribution in [3.63, 3.8) is 0 Å². The lowest BCUT2D eigenvalue weighted by atomic mass is 9.82. The SMILES string of the molecule is CC1(C)c2ccccc2-c2ccc(-c3ccnc(-n4c5ccccc5c5cc6c(cc54)-c4ccccc4C6(C)C)n3)cc21. The molecule has 2 heterocycles. The van der Waals surface area contributed by atoms with Gasteiger partial charge in [0.05, 0.1) is 16.7 Å². The molecule has 0 amide bonds. The van der Waals surface area contributed by atoms with E-state index in [1.165, 1.54) is 55.3 Å². The summed E-state index contributed by atoms with van der Waals surface area (Å²) in [4.78, 5) is 10.1. The molecule has 3 nitrogen and oxygen atoms in total. The molecule has 0 unspecified atom stereocenters. The van der Waals surface area contributed by atoms with Crippen LogP contribution in [-0.2, 0) is 10.8 Å². The highest BCUT2D eigenvalue weighted by Crippen LogP contribution is 2.51. The number of benzene rings is 5. The molecule has 0 fully saturated rings. The quantitative estimate of drug-likeness (QED) is 0.213. The monoisotopic (exact) mass is 553 g/mol. The second-order valence-corrected chi connectivity index (χ2v) is 13.1. The van der Waals surface area contributed by atoms with Gasteiger partial charge in [-0.2, -0.15) is 0 Å². The Morgan fingerprint density at radius 3 is 1.91 bits per heavy atom. The Morgan fingerprint density at radius 1 is 0.512 bits per heavy atom. The van der Waals surface area contributed by atoms with Crippen LogP contribution in [-0.4, -0.2) is 14.5 Å². The number of nitrogens with zero attached hydrogens (tertiary/aromatic N) is 3. The van der Waals surface area contributed by atoms with Gasteiger partial charge in [-0.05, 0) is 74.8 Å². The van der Waals surface area contributed by atoms with E-state index in [0.29, 0.717) is 5.95 Å². The highest BCUT2D eigenvalue weighted by molar-refractivity contribution is 6.11. The molecule has 0 aliphatic heterocycles. The molecular formula is C40H31N3. The predicted molar refractivity (Wildman–Crippen MR) is 177 cm³/mol. The third-order valence-electron chi connectivity index (χ3n) is 10.1. The van der Waals surface area contributed by atoms with Gasteiger partial charge in [-0.1, -0.05) is 107 Å². The van der Waals surface area contributed by atoms with E-state index in [1.807, 2.05) is 12.3 Å². The third-order valence-corrected chi connectivity index (χ3v) is 10.1. The van der Waals surface area contributed by atoms with Crippen LogP contribution in [0.5, 0.6) is 0 Å². The Morgan fingerprint density at radius 2 is 1.14 bits per heavy atom. The van der Waals surface area contributed by atoms with Gasteiger partial charge in [0.25, 0.3) is 0 Å². The maximum atomic E-state index is 5.23. The lowest BCUT2D eigenvalue weighted by Crippen LogP contribution is -2.15. The van der Waals surface area contributed by atoms with Crippen LogP contribution in [0.25, 0.3) is 61.3 Å². The van der Waals surface area contributed by atoms with Crippen LogP contribution in [0.2, 0.25) is 0 Å². The third kappa shape index (κ3) is 3.20. The van der Waals surface area contributed by atoms with Gasteiger partial charge < -0.3 is 0 Å². The maximum absolute atomic E-state index is 5.23. The summed E-state index contributed by atoms with van der Waals surface area (Å²) in [5.74, 6) is 0.692. The van der Waals surface area contributed by atoms with E-state index in [1.54, 1.807) is 0 Å². The van der Waals surface area contributed by atoms with Crippen molar-refractivity contribution < 1.29 is 0 Å². The summed E-state index contributed by atoms with van der Waals surface area (Å²) < 4.78 is 2.25. The summed E-state index contributed by atoms with van der Waals surface area (Å²) in [5, 5.41) is 2.46. The minimum Gasteiger partial charge on any atom is -0.278 e. The van der Waals surface area contributed by atoms with Gasteiger partial charge in [-0.15, -0.1) is 0 Å². The topological polar surface area (TPSA) is 30.7 Å². The molecule has 5 aromatic carbocycles. The van der Waals surface area contributed by atoms with Gasteiger partial charge >= 0.3 is 0 Å². The molecule has 0 saturated carbocycles. The standard InChI is InChI=1S/C40H31N3/c1-39(2)31-14-8-5-11-25(31)27-18-17-24(21-33(27)39)35-19-20-41-38(42-35)43-36-16-10-7-13-28(36)30-22-34-29(23-37(30)43)26-12-6-9-15-32(26)40(34,3)4/h5-23H,1-4H3. The summed E-state index contributed by atoms with van der Waals surface area (Å²) >= 11 is 0. The van der Waals surface area contributed by atoms with Crippen molar-refractivity contribution in [1.82, 2.24) is 14.5 Å². The normalized spacial score (nSPS) is 15.3. The van der Waals surface area contributed by atoms with E-state index < -0.39 is 0 Å². The molecule has 7 aromatic rings. The second kappa shape index (κ2) is 8.29. The highest BCUT2D eigenvalue weighted by Gasteiger charge is 2.37. The fourth-order valence-corrected chi connectivity index (χ4v) is 7.86. The van der Waals surface area contributed by atoms with Crippen LogP contribution < -0.4 is 0 Å². The summed E-state index contributed by atoms with van der Waals surface area (Å²) in [6.45, 7) is 9.32. The molecule has 0 saturated heterocycles. The molecule has 2 aromatic heterocycles. The molecule has 206 valence electrons. The zero-order valence-corrected chi connectivity index (χ0v) is 24.8. The Balaban J connectivity index is 1.25. The lowest BCUT2D eigenvalue weighted by molar-refractivity contribution is 0.660. The minimum atomic E-state index is -0.0604. The fourth-order valence-electron chi connectivity index (χ4n) is 7.86. The first-order chi connectivity index (χ1) is 20.8. The van der Waals surface area contributed by atoms with E-state index in [2.05, 4.69) is 135 Å². The molecule has 3 heteroatoms. The van der Waals surface area contributed by atoms with E-state index in [0.717, 1.165) is 22.3 Å². The number of fused-ring (bicyclic) bond motifs is 9. The maximum Gasteiger partial charge on any atom is 0.235 e. The molecule has 2 aliphatic carbocycles. The van der Waals surface area contributed by atoms with Crippen molar-refractivity contribution in [3.05, 3.63) is 138 Å². The van der Waals surface area contributed by atoms with Gasteiger partial charge in [-0.3, -0.25) is 4.57 Å². The largest absolute Gasteiger partial charge is 0.278 e. The minimum absolute atomic E-state index is 0.0548. The van der Waals surface area contributed by atoms with Crippen molar-refractivity contribution in [1.29, 1.82) is 0 Å². The molecule has 43 heavy (non-hydrogen) atoms. The van der Waals surface area contributed by atoms with Gasteiger partial charge in [0, 0.05) is 33.4 Å². The summed E-state index contributed by atoms with van der Waals surface area (Å²) in [6.07, 6.45) is 1.90. The van der Waals surface area contributed by atoms with Gasteiger partial charge in [-0.25, -0.2) is 9.97 Å². The molecule has 0 bridgehead atoms. The Hall–Kier alpha value is -5.02. The Kier molecular flexibility index (Phi) is 4.74. The van der Waals surface area contributed by atoms with E-state index in [-0.39, 0.29) is 10.8 Å². The molecule has 0 N–H and O–H groups in total. The zero-order valence-electron chi connectivity index (χ0n) is 24.8. The number of rotatable bonds is 2. The Bertz CT molecular complexity index is 2300. The van der Waals surface area contributed by atoms with Crippen LogP contribution in [0.4, 0.5) is 0 Å². The first-order valence-corrected chi connectivity index (χ1v) is 15.1. The van der Waals surface area contributed by atoms with E-state index in [4.69, 9.17) is 9.97 Å². The number of hydrogen-bond acceptors (Lipinski definition) is 2. The van der Waals surface area contributed by atoms with Crippen LogP contribution in [0.3, 0.4) is 0 Å². The first kappa shape index (κ1) is 24.6. The van der Waals surface area contributed by atoms with Crippen molar-refractivity contribution in [2.45, 2.75) is 38.5 Å².